The molecule has 1 aliphatic rings. The Bertz CT molecular complexity index is 900. The summed E-state index contributed by atoms with van der Waals surface area (Å²) in [6, 6.07) is 1.94. The van der Waals surface area contributed by atoms with Gasteiger partial charge >= 0.3 is 0 Å². The number of fused-ring (bicyclic) bond motifs is 1. The van der Waals surface area contributed by atoms with Crippen LogP contribution in [0.2, 0.25) is 0 Å². The van der Waals surface area contributed by atoms with Crippen LogP contribution in [0.25, 0.3) is 11.3 Å². The van der Waals surface area contributed by atoms with E-state index >= 15 is 0 Å². The summed E-state index contributed by atoms with van der Waals surface area (Å²) in [5.74, 6) is 1.00. The minimum Gasteiger partial charge on any atom is -0.286 e. The zero-order chi connectivity index (χ0) is 18.2. The molecule has 6 nitrogen and oxygen atoms in total. The first-order valence-corrected chi connectivity index (χ1v) is 8.90. The fraction of sp³-hybridized carbons (Fsp3) is 0.471. The second-order valence-electron chi connectivity index (χ2n) is 7.02. The monoisotopic (exact) mass is 393 g/mol. The van der Waals surface area contributed by atoms with Crippen LogP contribution in [-0.2, 0) is 12.0 Å². The molecule has 0 aliphatic carbocycles. The third kappa shape index (κ3) is 3.76. The van der Waals surface area contributed by atoms with Crippen LogP contribution < -0.4 is 5.56 Å². The molecule has 0 radical (unpaired) electrons. The molecule has 2 aromatic heterocycles. The number of halogens is 1. The van der Waals surface area contributed by atoms with E-state index in [2.05, 4.69) is 15.0 Å². The summed E-state index contributed by atoms with van der Waals surface area (Å²) in [6.45, 7) is 5.77. The number of hydrogen-bond acceptors (Lipinski definition) is 6. The predicted molar refractivity (Wildman–Crippen MR) is 104 cm³/mol. The van der Waals surface area contributed by atoms with Crippen molar-refractivity contribution in [3.05, 3.63) is 34.1 Å². The van der Waals surface area contributed by atoms with Crippen molar-refractivity contribution in [3.8, 4) is 17.3 Å². The van der Waals surface area contributed by atoms with E-state index in [1.165, 1.54) is 16.3 Å². The lowest BCUT2D eigenvalue weighted by Gasteiger charge is -2.23. The Morgan fingerprint density at radius 2 is 2.04 bits per heavy atom. The van der Waals surface area contributed by atoms with Crippen molar-refractivity contribution in [1.29, 1.82) is 5.26 Å². The van der Waals surface area contributed by atoms with Gasteiger partial charge in [-0.25, -0.2) is 15.0 Å². The van der Waals surface area contributed by atoms with Crippen molar-refractivity contribution >= 4 is 25.3 Å². The maximum Gasteiger partial charge on any atom is 0.272 e. The maximum absolute atomic E-state index is 12.9. The Labute approximate surface area is 162 Å². The van der Waals surface area contributed by atoms with Gasteiger partial charge in [0.25, 0.3) is 5.56 Å². The van der Waals surface area contributed by atoms with Crippen molar-refractivity contribution in [2.45, 2.75) is 37.9 Å². The number of nitrogens with zero attached hydrogens (tertiary/aromatic N) is 5. The molecule has 3 heterocycles. The quantitative estimate of drug-likeness (QED) is 0.730. The van der Waals surface area contributed by atoms with Gasteiger partial charge in [-0.15, -0.1) is 0 Å². The second-order valence-corrected chi connectivity index (χ2v) is 8.01. The van der Waals surface area contributed by atoms with Crippen molar-refractivity contribution in [2.24, 2.45) is 5.92 Å². The van der Waals surface area contributed by atoms with Gasteiger partial charge in [0.1, 0.15) is 17.5 Å². The van der Waals surface area contributed by atoms with Crippen LogP contribution in [0, 0.1) is 17.2 Å². The Balaban J connectivity index is 0.00000243. The fourth-order valence-electron chi connectivity index (χ4n) is 2.55. The molecule has 2 aromatic rings. The van der Waals surface area contributed by atoms with Crippen LogP contribution in [-0.4, -0.2) is 31.9 Å². The highest BCUT2D eigenvalue weighted by Crippen LogP contribution is 2.29. The van der Waals surface area contributed by atoms with Crippen LogP contribution in [0.3, 0.4) is 0 Å². The first kappa shape index (κ1) is 20.4. The third-order valence-corrected chi connectivity index (χ3v) is 5.16. The summed E-state index contributed by atoms with van der Waals surface area (Å²) in [7, 11) is 0. The van der Waals surface area contributed by atoms with Crippen LogP contribution in [0.5, 0.6) is 0 Å². The summed E-state index contributed by atoms with van der Waals surface area (Å²) in [4.78, 5) is 25.8. The number of hydrogen-bond donors (Lipinski definition) is 0. The van der Waals surface area contributed by atoms with Crippen molar-refractivity contribution in [1.82, 2.24) is 19.5 Å². The van der Waals surface area contributed by atoms with Gasteiger partial charge in [-0.1, -0.05) is 32.5 Å². The van der Waals surface area contributed by atoms with Gasteiger partial charge in [0.05, 0.1) is 12.4 Å². The van der Waals surface area contributed by atoms with Crippen LogP contribution in [0.15, 0.2) is 22.3 Å². The van der Waals surface area contributed by atoms with Gasteiger partial charge in [0.2, 0.25) is 0 Å². The molecule has 1 atom stereocenters. The SMILES string of the molecule is CC(C)(C)c1ncc(-c2nc3n(c(=O)c2C#N)C[C@@H](CF)CS3)cn1.S. The Hall–Kier alpha value is -1.92. The highest BCUT2D eigenvalue weighted by atomic mass is 32.2. The Kier molecular flexibility index (Phi) is 6.09. The van der Waals surface area contributed by atoms with Gasteiger partial charge in [-0.05, 0) is 0 Å². The molecular formula is C17H20FN5OS2. The zero-order valence-corrected chi connectivity index (χ0v) is 16.6. The molecule has 26 heavy (non-hydrogen) atoms. The number of thioether (sulfide) groups is 1. The molecular weight excluding hydrogens is 373 g/mol. The van der Waals surface area contributed by atoms with E-state index in [4.69, 9.17) is 0 Å². The number of rotatable bonds is 2. The molecule has 0 fully saturated rings. The third-order valence-electron chi connectivity index (χ3n) is 3.95. The molecule has 0 amide bonds. The minimum absolute atomic E-state index is 0. The first-order chi connectivity index (χ1) is 11.8. The van der Waals surface area contributed by atoms with Crippen molar-refractivity contribution in [2.75, 3.05) is 12.4 Å². The minimum atomic E-state index is -0.495. The van der Waals surface area contributed by atoms with Crippen LogP contribution in [0.1, 0.15) is 32.2 Å². The van der Waals surface area contributed by atoms with E-state index in [9.17, 15) is 14.4 Å². The highest BCUT2D eigenvalue weighted by Gasteiger charge is 2.26. The lowest BCUT2D eigenvalue weighted by Crippen LogP contribution is -2.33. The Morgan fingerprint density at radius 1 is 1.38 bits per heavy atom. The summed E-state index contributed by atoms with van der Waals surface area (Å²) in [5.41, 5.74) is 0.115. The number of aromatic nitrogens is 4. The highest BCUT2D eigenvalue weighted by molar-refractivity contribution is 7.99. The molecule has 0 saturated carbocycles. The second kappa shape index (κ2) is 7.76. The van der Waals surface area contributed by atoms with E-state index in [1.807, 2.05) is 26.8 Å². The number of alkyl halides is 1. The topological polar surface area (TPSA) is 84.5 Å². The fourth-order valence-corrected chi connectivity index (χ4v) is 3.60. The van der Waals surface area contributed by atoms with Crippen LogP contribution >= 0.6 is 25.3 Å². The molecule has 0 aromatic carbocycles. The van der Waals surface area contributed by atoms with Crippen molar-refractivity contribution < 1.29 is 4.39 Å². The van der Waals surface area contributed by atoms with Gasteiger partial charge in [-0.2, -0.15) is 18.8 Å². The lowest BCUT2D eigenvalue weighted by molar-refractivity contribution is 0.330. The lowest BCUT2D eigenvalue weighted by atomic mass is 9.95. The molecule has 3 rings (SSSR count). The van der Waals surface area contributed by atoms with E-state index in [0.29, 0.717) is 22.3 Å². The zero-order valence-electron chi connectivity index (χ0n) is 14.8. The summed E-state index contributed by atoms with van der Waals surface area (Å²) in [6.07, 6.45) is 3.18. The molecule has 9 heteroatoms. The standard InChI is InChI=1S/C17H18FN5OS.H2S/c1-17(2,3)15-20-6-11(7-21-15)13-12(5-19)14(24)23-8-10(4-18)9-25-16(23)22-13;/h6-7,10H,4,8-9H2,1-3H3;1H2/t10-;/m1./s1. The largest absolute Gasteiger partial charge is 0.286 e. The van der Waals surface area contributed by atoms with Gasteiger partial charge in [0.15, 0.2) is 5.16 Å². The molecule has 0 bridgehead atoms. The van der Waals surface area contributed by atoms with Gasteiger partial charge < -0.3 is 0 Å². The summed E-state index contributed by atoms with van der Waals surface area (Å²) < 4.78 is 14.3. The molecule has 0 unspecified atom stereocenters. The molecule has 0 spiro atoms. The van der Waals surface area contributed by atoms with Gasteiger partial charge in [0, 0.05) is 41.6 Å². The average molecular weight is 394 g/mol. The normalized spacial score (nSPS) is 16.3. The predicted octanol–water partition coefficient (Wildman–Crippen LogP) is 2.67. The Morgan fingerprint density at radius 3 is 2.58 bits per heavy atom. The molecule has 0 N–H and O–H groups in total. The van der Waals surface area contributed by atoms with E-state index < -0.39 is 12.2 Å². The van der Waals surface area contributed by atoms with Crippen LogP contribution in [0.4, 0.5) is 4.39 Å². The average Bonchev–Trinajstić information content (AvgIpc) is 2.60. The molecule has 1 aliphatic heterocycles. The molecule has 138 valence electrons. The van der Waals surface area contributed by atoms with E-state index in [1.54, 1.807) is 12.4 Å². The number of nitriles is 1. The summed E-state index contributed by atoms with van der Waals surface area (Å²) in [5, 5.41) is 9.95. The van der Waals surface area contributed by atoms with Gasteiger partial charge in [-0.3, -0.25) is 13.8 Å². The molecule has 0 saturated heterocycles. The maximum atomic E-state index is 12.9. The van der Waals surface area contributed by atoms with E-state index in [-0.39, 0.29) is 42.6 Å². The smallest absolute Gasteiger partial charge is 0.272 e. The summed E-state index contributed by atoms with van der Waals surface area (Å²) >= 11 is 1.33. The first-order valence-electron chi connectivity index (χ1n) is 7.91. The van der Waals surface area contributed by atoms with E-state index in [0.717, 1.165) is 0 Å². The van der Waals surface area contributed by atoms with Crippen molar-refractivity contribution in [3.63, 3.8) is 0 Å².